The van der Waals surface area contributed by atoms with Crippen LogP contribution < -0.4 is 15.0 Å². The number of rotatable bonds is 7. The number of aromatic nitrogens is 1. The number of nitrogens with one attached hydrogen (secondary N) is 1. The lowest BCUT2D eigenvalue weighted by Gasteiger charge is -2.33. The molecule has 194 valence electrons. The number of nitriles is 1. The maximum Gasteiger partial charge on any atom is 0.272 e. The van der Waals surface area contributed by atoms with Crippen molar-refractivity contribution in [2.75, 3.05) is 16.8 Å². The van der Waals surface area contributed by atoms with Crippen LogP contribution >= 0.6 is 11.3 Å². The number of carbonyl (C=O) groups is 1. The van der Waals surface area contributed by atoms with Crippen molar-refractivity contribution in [3.8, 4) is 11.8 Å². The van der Waals surface area contributed by atoms with E-state index in [1.54, 1.807) is 23.5 Å². The number of thiophene rings is 1. The minimum atomic E-state index is -0.0939. The van der Waals surface area contributed by atoms with Gasteiger partial charge in [0, 0.05) is 20.1 Å². The lowest BCUT2D eigenvalue weighted by molar-refractivity contribution is 0.101. The van der Waals surface area contributed by atoms with Gasteiger partial charge in [-0.05, 0) is 77.4 Å². The second-order valence-electron chi connectivity index (χ2n) is 9.79. The number of ether oxygens (including phenoxy) is 1. The molecule has 1 amide bonds. The summed E-state index contributed by atoms with van der Waals surface area (Å²) in [4.78, 5) is 15.7. The van der Waals surface area contributed by atoms with Gasteiger partial charge in [-0.3, -0.25) is 4.79 Å². The Morgan fingerprint density at radius 2 is 1.85 bits per heavy atom. The van der Waals surface area contributed by atoms with E-state index >= 15 is 0 Å². The highest BCUT2D eigenvalue weighted by Crippen LogP contribution is 2.36. The molecule has 1 aliphatic rings. The molecule has 1 N–H and O–H groups in total. The fourth-order valence-corrected chi connectivity index (χ4v) is 6.05. The molecule has 3 heterocycles. The summed E-state index contributed by atoms with van der Waals surface area (Å²) in [5, 5.41) is 14.2. The molecule has 0 fully saturated rings. The molecule has 1 aliphatic heterocycles. The number of para-hydroxylation sites is 1. The summed E-state index contributed by atoms with van der Waals surface area (Å²) in [6, 6.07) is 28.0. The van der Waals surface area contributed by atoms with Crippen molar-refractivity contribution >= 4 is 38.8 Å². The number of hydrogen-bond donors (Lipinski definition) is 1. The van der Waals surface area contributed by atoms with Crippen LogP contribution in [0, 0.1) is 11.3 Å². The number of fused-ring (bicyclic) bond motifs is 2. The largest absolute Gasteiger partial charge is 0.489 e. The molecular formula is C32H28N4O2S. The van der Waals surface area contributed by atoms with Gasteiger partial charge in [-0.2, -0.15) is 5.26 Å². The van der Waals surface area contributed by atoms with E-state index in [0.717, 1.165) is 58.8 Å². The predicted molar refractivity (Wildman–Crippen MR) is 156 cm³/mol. The number of hydrogen-bond acceptors (Lipinski definition) is 5. The third-order valence-corrected chi connectivity index (χ3v) is 8.09. The summed E-state index contributed by atoms with van der Waals surface area (Å²) in [5.41, 5.74) is 7.79. The molecule has 0 bridgehead atoms. The van der Waals surface area contributed by atoms with Gasteiger partial charge in [-0.25, -0.2) is 0 Å². The van der Waals surface area contributed by atoms with Crippen LogP contribution in [0.4, 0.5) is 11.4 Å². The maximum absolute atomic E-state index is 13.3. The lowest BCUT2D eigenvalue weighted by Crippen LogP contribution is -2.30. The van der Waals surface area contributed by atoms with Crippen molar-refractivity contribution in [3.63, 3.8) is 0 Å². The van der Waals surface area contributed by atoms with Crippen LogP contribution in [0.3, 0.4) is 0 Å². The van der Waals surface area contributed by atoms with E-state index in [-0.39, 0.29) is 5.91 Å². The van der Waals surface area contributed by atoms with E-state index in [0.29, 0.717) is 17.9 Å². The summed E-state index contributed by atoms with van der Waals surface area (Å²) in [6.45, 7) is 2.12. The SMILES string of the molecule is Cn1c(C(=O)Nc2cccc3c2N(Cc2ccc(OCc4ccc(C#N)cc4)cc2)CCC3)cc2sccc21. The van der Waals surface area contributed by atoms with Crippen molar-refractivity contribution in [2.45, 2.75) is 26.0 Å². The predicted octanol–water partition coefficient (Wildman–Crippen LogP) is 6.90. The Bertz CT molecular complexity index is 1680. The molecular weight excluding hydrogens is 504 g/mol. The van der Waals surface area contributed by atoms with Crippen LogP contribution in [0.15, 0.2) is 84.2 Å². The van der Waals surface area contributed by atoms with Gasteiger partial charge in [0.2, 0.25) is 0 Å². The van der Waals surface area contributed by atoms with Crippen LogP contribution in [-0.4, -0.2) is 17.0 Å². The number of benzene rings is 3. The molecule has 0 saturated heterocycles. The van der Waals surface area contributed by atoms with E-state index in [1.807, 2.05) is 65.5 Å². The van der Waals surface area contributed by atoms with Crippen LogP contribution in [0.25, 0.3) is 10.2 Å². The highest BCUT2D eigenvalue weighted by Gasteiger charge is 2.23. The molecule has 5 aromatic rings. The minimum absolute atomic E-state index is 0.0939. The number of amides is 1. The van der Waals surface area contributed by atoms with Crippen molar-refractivity contribution in [1.29, 1.82) is 5.26 Å². The van der Waals surface area contributed by atoms with Gasteiger partial charge in [0.05, 0.1) is 33.2 Å². The molecule has 0 atom stereocenters. The van der Waals surface area contributed by atoms with Crippen LogP contribution in [0.1, 0.15) is 39.2 Å². The highest BCUT2D eigenvalue weighted by atomic mass is 32.1. The number of carbonyl (C=O) groups excluding carboxylic acids is 1. The first-order valence-electron chi connectivity index (χ1n) is 13.0. The van der Waals surface area contributed by atoms with Gasteiger partial charge >= 0.3 is 0 Å². The van der Waals surface area contributed by atoms with Crippen molar-refractivity contribution in [3.05, 3.63) is 112 Å². The molecule has 0 radical (unpaired) electrons. The molecule has 0 spiro atoms. The van der Waals surface area contributed by atoms with Gasteiger partial charge < -0.3 is 19.5 Å². The Kier molecular flexibility index (Phi) is 6.78. The Morgan fingerprint density at radius 1 is 1.05 bits per heavy atom. The van der Waals surface area contributed by atoms with E-state index in [2.05, 4.69) is 34.5 Å². The standard InChI is InChI=1S/C32H28N4O2S/c1-35-28-15-17-39-30(28)18-29(35)32(37)34-27-6-2-4-25-5-3-16-36(31(25)27)20-23-11-13-26(14-12-23)38-21-24-9-7-22(19-33)8-10-24/h2,4,6-15,17-18H,3,5,16,20-21H2,1H3,(H,34,37). The third kappa shape index (κ3) is 5.12. The molecule has 39 heavy (non-hydrogen) atoms. The first kappa shape index (κ1) is 24.8. The fraction of sp³-hybridized carbons (Fsp3) is 0.188. The monoisotopic (exact) mass is 532 g/mol. The van der Waals surface area contributed by atoms with Crippen LogP contribution in [0.5, 0.6) is 5.75 Å². The Labute approximate surface area is 231 Å². The highest BCUT2D eigenvalue weighted by molar-refractivity contribution is 7.17. The first-order valence-corrected chi connectivity index (χ1v) is 13.9. The average molecular weight is 533 g/mol. The second-order valence-corrected chi connectivity index (χ2v) is 10.7. The van der Waals surface area contributed by atoms with Crippen LogP contribution in [-0.2, 0) is 26.6 Å². The fourth-order valence-electron chi connectivity index (χ4n) is 5.21. The summed E-state index contributed by atoms with van der Waals surface area (Å²) < 4.78 is 9.02. The first-order chi connectivity index (χ1) is 19.1. The normalized spacial score (nSPS) is 12.7. The molecule has 0 saturated carbocycles. The third-order valence-electron chi connectivity index (χ3n) is 7.24. The zero-order valence-corrected chi connectivity index (χ0v) is 22.5. The molecule has 0 unspecified atom stereocenters. The van der Waals surface area contributed by atoms with E-state index in [9.17, 15) is 4.79 Å². The minimum Gasteiger partial charge on any atom is -0.489 e. The summed E-state index contributed by atoms with van der Waals surface area (Å²) in [7, 11) is 1.94. The molecule has 0 aliphatic carbocycles. The number of anilines is 2. The average Bonchev–Trinajstić information content (AvgIpc) is 3.56. The maximum atomic E-state index is 13.3. The number of aryl methyl sites for hydroxylation is 2. The molecule has 7 heteroatoms. The van der Waals surface area contributed by atoms with E-state index in [1.165, 1.54) is 11.1 Å². The molecule has 6 rings (SSSR count). The van der Waals surface area contributed by atoms with Gasteiger partial charge in [-0.1, -0.05) is 36.4 Å². The summed E-state index contributed by atoms with van der Waals surface area (Å²) in [5.74, 6) is 0.709. The van der Waals surface area contributed by atoms with Crippen molar-refractivity contribution in [1.82, 2.24) is 4.57 Å². The zero-order chi connectivity index (χ0) is 26.8. The summed E-state index contributed by atoms with van der Waals surface area (Å²) >= 11 is 1.65. The van der Waals surface area contributed by atoms with Crippen molar-refractivity contribution < 1.29 is 9.53 Å². The molecule has 6 nitrogen and oxygen atoms in total. The van der Waals surface area contributed by atoms with Crippen molar-refractivity contribution in [2.24, 2.45) is 7.05 Å². The molecule has 2 aromatic heterocycles. The topological polar surface area (TPSA) is 70.3 Å². The Morgan fingerprint density at radius 3 is 2.62 bits per heavy atom. The van der Waals surface area contributed by atoms with E-state index in [4.69, 9.17) is 10.00 Å². The lowest BCUT2D eigenvalue weighted by atomic mass is 9.99. The summed E-state index contributed by atoms with van der Waals surface area (Å²) in [6.07, 6.45) is 2.07. The van der Waals surface area contributed by atoms with Gasteiger partial charge in [-0.15, -0.1) is 11.3 Å². The quantitative estimate of drug-likeness (QED) is 0.248. The van der Waals surface area contributed by atoms with Gasteiger partial charge in [0.25, 0.3) is 5.91 Å². The zero-order valence-electron chi connectivity index (χ0n) is 21.7. The number of nitrogens with zero attached hydrogens (tertiary/aromatic N) is 3. The smallest absolute Gasteiger partial charge is 0.272 e. The van der Waals surface area contributed by atoms with Gasteiger partial charge in [0.1, 0.15) is 18.1 Å². The second kappa shape index (κ2) is 10.7. The Balaban J connectivity index is 1.16. The Hall–Kier alpha value is -4.54. The van der Waals surface area contributed by atoms with Gasteiger partial charge in [0.15, 0.2) is 0 Å². The molecule has 3 aromatic carbocycles. The van der Waals surface area contributed by atoms with Crippen LogP contribution in [0.2, 0.25) is 0 Å². The van der Waals surface area contributed by atoms with E-state index < -0.39 is 0 Å².